The SMILES string of the molecule is C=C/C=C(\C(F)=C/C=C)C(C)(C)C. The van der Waals surface area contributed by atoms with Crippen LogP contribution in [0, 0.1) is 5.41 Å². The van der Waals surface area contributed by atoms with Crippen LogP contribution >= 0.6 is 0 Å². The lowest BCUT2D eigenvalue weighted by Crippen LogP contribution is -2.09. The molecule has 0 saturated heterocycles. The Kier molecular flexibility index (Phi) is 4.39. The van der Waals surface area contributed by atoms with Gasteiger partial charge in [0, 0.05) is 0 Å². The first-order valence-electron chi connectivity index (χ1n) is 4.25. The van der Waals surface area contributed by atoms with Gasteiger partial charge in [0.15, 0.2) is 0 Å². The van der Waals surface area contributed by atoms with E-state index in [0.717, 1.165) is 0 Å². The molecule has 0 saturated carbocycles. The Labute approximate surface area is 80.2 Å². The zero-order valence-electron chi connectivity index (χ0n) is 8.60. The van der Waals surface area contributed by atoms with Crippen molar-refractivity contribution in [1.82, 2.24) is 0 Å². The molecule has 0 aromatic heterocycles. The van der Waals surface area contributed by atoms with Gasteiger partial charge in [0.2, 0.25) is 0 Å². The third kappa shape index (κ3) is 3.88. The normalized spacial score (nSPS) is 14.2. The van der Waals surface area contributed by atoms with E-state index in [-0.39, 0.29) is 11.2 Å². The predicted octanol–water partition coefficient (Wildman–Crippen LogP) is 4.18. The standard InChI is InChI=1S/C12H17F/c1-6-8-10(12(3,4)5)11(13)9-7-2/h6-9H,1-2H2,3-5H3/b10-8+,11-9+. The molecule has 0 N–H and O–H groups in total. The van der Waals surface area contributed by atoms with Gasteiger partial charge in [-0.05, 0) is 17.1 Å². The molecule has 0 spiro atoms. The summed E-state index contributed by atoms with van der Waals surface area (Å²) in [5.74, 6) is -0.248. The number of hydrogen-bond donors (Lipinski definition) is 0. The zero-order valence-corrected chi connectivity index (χ0v) is 8.60. The van der Waals surface area contributed by atoms with Crippen LogP contribution in [0.5, 0.6) is 0 Å². The van der Waals surface area contributed by atoms with Crippen LogP contribution in [-0.4, -0.2) is 0 Å². The van der Waals surface area contributed by atoms with Gasteiger partial charge in [-0.25, -0.2) is 4.39 Å². The summed E-state index contributed by atoms with van der Waals surface area (Å²) in [6.45, 7) is 12.9. The minimum Gasteiger partial charge on any atom is -0.207 e. The highest BCUT2D eigenvalue weighted by atomic mass is 19.1. The van der Waals surface area contributed by atoms with E-state index >= 15 is 0 Å². The highest BCUT2D eigenvalue weighted by Crippen LogP contribution is 2.31. The molecule has 0 aromatic carbocycles. The predicted molar refractivity (Wildman–Crippen MR) is 57.1 cm³/mol. The third-order valence-electron chi connectivity index (χ3n) is 1.61. The molecule has 0 rings (SSSR count). The summed E-state index contributed by atoms with van der Waals surface area (Å²) in [5.41, 5.74) is 0.431. The van der Waals surface area contributed by atoms with Crippen molar-refractivity contribution in [1.29, 1.82) is 0 Å². The first-order valence-corrected chi connectivity index (χ1v) is 4.25. The van der Waals surface area contributed by atoms with Crippen molar-refractivity contribution in [3.63, 3.8) is 0 Å². The maximum atomic E-state index is 13.4. The second-order valence-corrected chi connectivity index (χ2v) is 3.82. The van der Waals surface area contributed by atoms with Gasteiger partial charge < -0.3 is 0 Å². The molecule has 0 bridgehead atoms. The second-order valence-electron chi connectivity index (χ2n) is 3.82. The van der Waals surface area contributed by atoms with E-state index in [1.54, 1.807) is 12.2 Å². The van der Waals surface area contributed by atoms with Crippen LogP contribution in [0.3, 0.4) is 0 Å². The maximum absolute atomic E-state index is 13.4. The van der Waals surface area contributed by atoms with Crippen molar-refractivity contribution >= 4 is 0 Å². The summed E-state index contributed by atoms with van der Waals surface area (Å²) in [6.07, 6.45) is 6.09. The molecule has 0 amide bonds. The van der Waals surface area contributed by atoms with Crippen LogP contribution in [0.1, 0.15) is 20.8 Å². The Morgan fingerprint density at radius 3 is 1.85 bits per heavy atom. The molecule has 0 aliphatic carbocycles. The summed E-state index contributed by atoms with van der Waals surface area (Å²) in [7, 11) is 0. The molecule has 0 unspecified atom stereocenters. The van der Waals surface area contributed by atoms with Gasteiger partial charge in [-0.3, -0.25) is 0 Å². The van der Waals surface area contributed by atoms with Gasteiger partial charge >= 0.3 is 0 Å². The zero-order chi connectivity index (χ0) is 10.5. The molecular weight excluding hydrogens is 163 g/mol. The molecule has 1 heteroatoms. The second kappa shape index (κ2) is 4.80. The first kappa shape index (κ1) is 11.9. The van der Waals surface area contributed by atoms with Gasteiger partial charge in [-0.2, -0.15) is 0 Å². The largest absolute Gasteiger partial charge is 0.207 e. The Hall–Kier alpha value is -1.11. The molecule has 0 aliphatic heterocycles. The number of rotatable bonds is 3. The fourth-order valence-corrected chi connectivity index (χ4v) is 0.999. The highest BCUT2D eigenvalue weighted by Gasteiger charge is 2.19. The summed E-state index contributed by atoms with van der Waals surface area (Å²) in [5, 5.41) is 0. The van der Waals surface area contributed by atoms with E-state index in [2.05, 4.69) is 13.2 Å². The minimum atomic E-state index is -0.248. The Morgan fingerprint density at radius 2 is 1.54 bits per heavy atom. The van der Waals surface area contributed by atoms with Crippen LogP contribution in [0.25, 0.3) is 0 Å². The number of allylic oxidation sites excluding steroid dienone is 6. The fourth-order valence-electron chi connectivity index (χ4n) is 0.999. The quantitative estimate of drug-likeness (QED) is 0.571. The molecule has 0 nitrogen and oxygen atoms in total. The lowest BCUT2D eigenvalue weighted by Gasteiger charge is -2.21. The average molecular weight is 180 g/mol. The number of hydrogen-bond acceptors (Lipinski definition) is 0. The first-order chi connectivity index (χ1) is 5.93. The van der Waals surface area contributed by atoms with Crippen molar-refractivity contribution in [3.8, 4) is 0 Å². The third-order valence-corrected chi connectivity index (χ3v) is 1.61. The van der Waals surface area contributed by atoms with Gasteiger partial charge in [-0.15, -0.1) is 0 Å². The Bertz CT molecular complexity index is 249. The fraction of sp³-hybridized carbons (Fsp3) is 0.333. The minimum absolute atomic E-state index is 0.211. The smallest absolute Gasteiger partial charge is 0.126 e. The Balaban J connectivity index is 5.06. The van der Waals surface area contributed by atoms with Crippen molar-refractivity contribution in [2.75, 3.05) is 0 Å². The molecule has 0 radical (unpaired) electrons. The van der Waals surface area contributed by atoms with E-state index in [9.17, 15) is 4.39 Å². The summed E-state index contributed by atoms with van der Waals surface area (Å²) >= 11 is 0. The van der Waals surface area contributed by atoms with Gasteiger partial charge in [0.25, 0.3) is 0 Å². The molecular formula is C12H17F. The summed E-state index contributed by atoms with van der Waals surface area (Å²) in [4.78, 5) is 0. The van der Waals surface area contributed by atoms with Gasteiger partial charge in [0.1, 0.15) is 5.83 Å². The van der Waals surface area contributed by atoms with Gasteiger partial charge in [0.05, 0.1) is 0 Å². The van der Waals surface area contributed by atoms with Crippen molar-refractivity contribution < 1.29 is 4.39 Å². The van der Waals surface area contributed by atoms with Crippen LogP contribution in [-0.2, 0) is 0 Å². The topological polar surface area (TPSA) is 0 Å². The Morgan fingerprint density at radius 1 is 1.08 bits per heavy atom. The van der Waals surface area contributed by atoms with E-state index in [4.69, 9.17) is 0 Å². The van der Waals surface area contributed by atoms with E-state index in [0.29, 0.717) is 5.57 Å². The van der Waals surface area contributed by atoms with E-state index in [1.807, 2.05) is 20.8 Å². The van der Waals surface area contributed by atoms with Crippen molar-refractivity contribution in [2.45, 2.75) is 20.8 Å². The van der Waals surface area contributed by atoms with E-state index in [1.165, 1.54) is 12.2 Å². The molecule has 0 aromatic rings. The highest BCUT2D eigenvalue weighted by molar-refractivity contribution is 5.34. The molecule has 72 valence electrons. The van der Waals surface area contributed by atoms with Crippen LogP contribution in [0.2, 0.25) is 0 Å². The average Bonchev–Trinajstić information content (AvgIpc) is 1.98. The monoisotopic (exact) mass is 180 g/mol. The molecule has 13 heavy (non-hydrogen) atoms. The van der Waals surface area contributed by atoms with Crippen LogP contribution < -0.4 is 0 Å². The lowest BCUT2D eigenvalue weighted by molar-refractivity contribution is 0.474. The van der Waals surface area contributed by atoms with Crippen molar-refractivity contribution in [3.05, 3.63) is 48.9 Å². The molecule has 0 fully saturated rings. The van der Waals surface area contributed by atoms with Crippen molar-refractivity contribution in [2.24, 2.45) is 5.41 Å². The summed E-state index contributed by atoms with van der Waals surface area (Å²) < 4.78 is 13.4. The summed E-state index contributed by atoms with van der Waals surface area (Å²) in [6, 6.07) is 0. The lowest BCUT2D eigenvalue weighted by atomic mass is 9.85. The van der Waals surface area contributed by atoms with Gasteiger partial charge in [-0.1, -0.05) is 52.2 Å². The number of halogens is 1. The maximum Gasteiger partial charge on any atom is 0.126 e. The van der Waals surface area contributed by atoms with E-state index < -0.39 is 0 Å². The molecule has 0 atom stereocenters. The van der Waals surface area contributed by atoms with Crippen LogP contribution in [0.15, 0.2) is 48.9 Å². The van der Waals surface area contributed by atoms with Crippen LogP contribution in [0.4, 0.5) is 4.39 Å². The molecule has 0 heterocycles. The molecule has 0 aliphatic rings.